The van der Waals surface area contributed by atoms with Crippen LogP contribution in [-0.4, -0.2) is 37.0 Å². The minimum absolute atomic E-state index is 0.362. The van der Waals surface area contributed by atoms with E-state index in [1.165, 1.54) is 38.5 Å². The number of hydrogen-bond acceptors (Lipinski definition) is 3. The molecule has 0 amide bonds. The minimum Gasteiger partial charge on any atom is -0.389 e. The molecule has 0 spiro atoms. The van der Waals surface area contributed by atoms with E-state index in [1.807, 2.05) is 0 Å². The molecule has 1 aliphatic carbocycles. The van der Waals surface area contributed by atoms with Gasteiger partial charge in [-0.1, -0.05) is 46.0 Å². The van der Waals surface area contributed by atoms with E-state index in [9.17, 15) is 5.11 Å². The quantitative estimate of drug-likeness (QED) is 0.506. The molecule has 1 aliphatic rings. The zero-order valence-corrected chi connectivity index (χ0v) is 12.9. The Morgan fingerprint density at radius 3 is 2.63 bits per heavy atom. The molecule has 2 unspecified atom stereocenters. The minimum atomic E-state index is -0.362. The average Bonchev–Trinajstić information content (AvgIpc) is 3.22. The van der Waals surface area contributed by atoms with E-state index in [0.29, 0.717) is 19.2 Å². The molecular formula is C16H33NO2. The Bertz CT molecular complexity index is 207. The Balaban J connectivity index is 1.92. The summed E-state index contributed by atoms with van der Waals surface area (Å²) in [4.78, 5) is 0. The first-order chi connectivity index (χ1) is 9.26. The molecule has 0 bridgehead atoms. The predicted molar refractivity (Wildman–Crippen MR) is 80.4 cm³/mol. The third-order valence-corrected chi connectivity index (χ3v) is 3.90. The summed E-state index contributed by atoms with van der Waals surface area (Å²) in [6.07, 6.45) is 9.78. The smallest absolute Gasteiger partial charge is 0.0897 e. The predicted octanol–water partition coefficient (Wildman–Crippen LogP) is 3.11. The van der Waals surface area contributed by atoms with Crippen molar-refractivity contribution in [3.63, 3.8) is 0 Å². The van der Waals surface area contributed by atoms with Gasteiger partial charge in [-0.3, -0.25) is 0 Å². The van der Waals surface area contributed by atoms with Gasteiger partial charge >= 0.3 is 0 Å². The highest BCUT2D eigenvalue weighted by molar-refractivity contribution is 4.80. The fourth-order valence-corrected chi connectivity index (χ4v) is 2.36. The lowest BCUT2D eigenvalue weighted by atomic mass is 10.1. The molecule has 114 valence electrons. The van der Waals surface area contributed by atoms with Crippen molar-refractivity contribution in [1.82, 2.24) is 5.32 Å². The number of aliphatic hydroxyl groups excluding tert-OH is 1. The van der Waals surface area contributed by atoms with E-state index in [1.54, 1.807) is 0 Å². The van der Waals surface area contributed by atoms with Crippen LogP contribution in [0.3, 0.4) is 0 Å². The summed E-state index contributed by atoms with van der Waals surface area (Å²) in [5.41, 5.74) is 0. The standard InChI is InChI=1S/C16H33NO2/c1-3-5-6-7-10-19-13-16(18)12-17-15(4-2)11-14-8-9-14/h14-18H,3-13H2,1-2H3. The molecule has 0 heterocycles. The van der Waals surface area contributed by atoms with Gasteiger partial charge in [0.1, 0.15) is 0 Å². The summed E-state index contributed by atoms with van der Waals surface area (Å²) in [5, 5.41) is 13.3. The van der Waals surface area contributed by atoms with Crippen LogP contribution in [0.15, 0.2) is 0 Å². The number of nitrogens with one attached hydrogen (secondary N) is 1. The molecule has 1 fully saturated rings. The van der Waals surface area contributed by atoms with Gasteiger partial charge in [-0.05, 0) is 25.2 Å². The Morgan fingerprint density at radius 2 is 2.00 bits per heavy atom. The summed E-state index contributed by atoms with van der Waals surface area (Å²) in [6.45, 7) is 6.36. The first-order valence-corrected chi connectivity index (χ1v) is 8.25. The zero-order chi connectivity index (χ0) is 13.9. The van der Waals surface area contributed by atoms with Gasteiger partial charge in [0, 0.05) is 19.2 Å². The van der Waals surface area contributed by atoms with Gasteiger partial charge in [0.25, 0.3) is 0 Å². The number of unbranched alkanes of at least 4 members (excludes halogenated alkanes) is 3. The first kappa shape index (κ1) is 16.9. The molecule has 3 heteroatoms. The average molecular weight is 271 g/mol. The van der Waals surface area contributed by atoms with Crippen LogP contribution in [0, 0.1) is 5.92 Å². The summed E-state index contributed by atoms with van der Waals surface area (Å²) in [5.74, 6) is 0.949. The lowest BCUT2D eigenvalue weighted by molar-refractivity contribution is 0.0338. The Morgan fingerprint density at radius 1 is 1.21 bits per heavy atom. The molecule has 0 saturated heterocycles. The number of aliphatic hydroxyl groups is 1. The van der Waals surface area contributed by atoms with E-state index in [-0.39, 0.29) is 6.10 Å². The molecule has 0 aliphatic heterocycles. The third-order valence-electron chi connectivity index (χ3n) is 3.90. The molecule has 0 radical (unpaired) electrons. The first-order valence-electron chi connectivity index (χ1n) is 8.25. The van der Waals surface area contributed by atoms with Crippen molar-refractivity contribution in [2.45, 2.75) is 77.4 Å². The molecule has 1 rings (SSSR count). The number of ether oxygens (including phenoxy) is 1. The van der Waals surface area contributed by atoms with E-state index < -0.39 is 0 Å². The van der Waals surface area contributed by atoms with Crippen LogP contribution >= 0.6 is 0 Å². The van der Waals surface area contributed by atoms with Crippen LogP contribution in [0.1, 0.15) is 65.2 Å². The van der Waals surface area contributed by atoms with Crippen molar-refractivity contribution >= 4 is 0 Å². The fraction of sp³-hybridized carbons (Fsp3) is 1.00. The summed E-state index contributed by atoms with van der Waals surface area (Å²) >= 11 is 0. The van der Waals surface area contributed by atoms with Crippen molar-refractivity contribution in [1.29, 1.82) is 0 Å². The normalized spacial score (nSPS) is 18.5. The van der Waals surface area contributed by atoms with Gasteiger partial charge in [-0.25, -0.2) is 0 Å². The second kappa shape index (κ2) is 10.6. The van der Waals surface area contributed by atoms with Crippen molar-refractivity contribution in [3.8, 4) is 0 Å². The van der Waals surface area contributed by atoms with Gasteiger partial charge < -0.3 is 15.2 Å². The maximum absolute atomic E-state index is 9.86. The molecular weight excluding hydrogens is 238 g/mol. The van der Waals surface area contributed by atoms with Gasteiger partial charge in [-0.2, -0.15) is 0 Å². The van der Waals surface area contributed by atoms with Gasteiger partial charge in [0.15, 0.2) is 0 Å². The second-order valence-electron chi connectivity index (χ2n) is 5.98. The van der Waals surface area contributed by atoms with Gasteiger partial charge in [0.05, 0.1) is 12.7 Å². The summed E-state index contributed by atoms with van der Waals surface area (Å²) in [7, 11) is 0. The monoisotopic (exact) mass is 271 g/mol. The van der Waals surface area contributed by atoms with Gasteiger partial charge in [-0.15, -0.1) is 0 Å². The van der Waals surface area contributed by atoms with Crippen LogP contribution < -0.4 is 5.32 Å². The Kier molecular flexibility index (Phi) is 9.48. The number of rotatable bonds is 13. The van der Waals surface area contributed by atoms with Crippen LogP contribution in [0.2, 0.25) is 0 Å². The number of hydrogen-bond donors (Lipinski definition) is 2. The summed E-state index contributed by atoms with van der Waals surface area (Å²) in [6, 6.07) is 0.576. The van der Waals surface area contributed by atoms with Gasteiger partial charge in [0.2, 0.25) is 0 Å². The summed E-state index contributed by atoms with van der Waals surface area (Å²) < 4.78 is 5.51. The lowest BCUT2D eigenvalue weighted by Gasteiger charge is -2.19. The van der Waals surface area contributed by atoms with E-state index in [2.05, 4.69) is 19.2 Å². The maximum atomic E-state index is 9.86. The third kappa shape index (κ3) is 9.42. The molecule has 0 aromatic carbocycles. The fourth-order valence-electron chi connectivity index (χ4n) is 2.36. The molecule has 2 atom stereocenters. The molecule has 1 saturated carbocycles. The molecule has 3 nitrogen and oxygen atoms in total. The van der Waals surface area contributed by atoms with Crippen LogP contribution in [0.25, 0.3) is 0 Å². The highest BCUT2D eigenvalue weighted by Crippen LogP contribution is 2.33. The van der Waals surface area contributed by atoms with Crippen molar-refractivity contribution in [2.75, 3.05) is 19.8 Å². The second-order valence-corrected chi connectivity index (χ2v) is 5.98. The molecule has 2 N–H and O–H groups in total. The van der Waals surface area contributed by atoms with Crippen LogP contribution in [0.4, 0.5) is 0 Å². The Labute approximate surface area is 119 Å². The molecule has 0 aromatic heterocycles. The molecule has 19 heavy (non-hydrogen) atoms. The maximum Gasteiger partial charge on any atom is 0.0897 e. The van der Waals surface area contributed by atoms with Crippen molar-refractivity contribution in [3.05, 3.63) is 0 Å². The van der Waals surface area contributed by atoms with E-state index in [0.717, 1.165) is 25.4 Å². The van der Waals surface area contributed by atoms with Crippen molar-refractivity contribution < 1.29 is 9.84 Å². The highest BCUT2D eigenvalue weighted by atomic mass is 16.5. The largest absolute Gasteiger partial charge is 0.389 e. The molecule has 0 aromatic rings. The lowest BCUT2D eigenvalue weighted by Crippen LogP contribution is -2.37. The Hall–Kier alpha value is -0.120. The van der Waals surface area contributed by atoms with Crippen molar-refractivity contribution in [2.24, 2.45) is 5.92 Å². The van der Waals surface area contributed by atoms with E-state index in [4.69, 9.17) is 4.74 Å². The van der Waals surface area contributed by atoms with E-state index >= 15 is 0 Å². The topological polar surface area (TPSA) is 41.5 Å². The van der Waals surface area contributed by atoms with Crippen LogP contribution in [-0.2, 0) is 4.74 Å². The highest BCUT2D eigenvalue weighted by Gasteiger charge is 2.24. The SMILES string of the molecule is CCCCCCOCC(O)CNC(CC)CC1CC1. The van der Waals surface area contributed by atoms with Crippen LogP contribution in [0.5, 0.6) is 0 Å². The zero-order valence-electron chi connectivity index (χ0n) is 12.9.